The van der Waals surface area contributed by atoms with Crippen molar-refractivity contribution in [2.75, 3.05) is 20.7 Å². The van der Waals surface area contributed by atoms with Crippen LogP contribution >= 0.6 is 0 Å². The van der Waals surface area contributed by atoms with Gasteiger partial charge in [0, 0.05) is 29.9 Å². The van der Waals surface area contributed by atoms with Gasteiger partial charge in [-0.2, -0.15) is 0 Å². The third kappa shape index (κ3) is 10.7. The Labute approximate surface area is 279 Å². The number of carbonyl (C=O) groups is 2. The van der Waals surface area contributed by atoms with E-state index in [0.29, 0.717) is 19.3 Å². The van der Waals surface area contributed by atoms with Crippen molar-refractivity contribution in [1.29, 1.82) is 0 Å². The van der Waals surface area contributed by atoms with Crippen LogP contribution in [0.1, 0.15) is 60.8 Å². The average molecular weight is 668 g/mol. The van der Waals surface area contributed by atoms with Crippen LogP contribution in [0.2, 0.25) is 0 Å². The zero-order valence-corrected chi connectivity index (χ0v) is 29.0. The molecule has 0 saturated carbocycles. The average Bonchev–Trinajstić information content (AvgIpc) is 3.02. The molecule has 0 aliphatic carbocycles. The molecule has 15 atom stereocenters. The summed E-state index contributed by atoms with van der Waals surface area (Å²) in [6, 6.07) is -0.152. The number of nitrogens with zero attached hydrogens (tertiary/aromatic N) is 1. The van der Waals surface area contributed by atoms with Crippen LogP contribution in [0.5, 0.6) is 0 Å². The van der Waals surface area contributed by atoms with E-state index in [1.165, 1.54) is 12.2 Å². The lowest BCUT2D eigenvalue weighted by atomic mass is 9.84. The van der Waals surface area contributed by atoms with E-state index in [9.17, 15) is 30.0 Å². The first-order chi connectivity index (χ1) is 22.1. The van der Waals surface area contributed by atoms with Crippen LogP contribution < -0.4 is 0 Å². The third-order valence-corrected chi connectivity index (χ3v) is 9.53. The molecule has 12 heteroatoms. The Morgan fingerprint density at radius 2 is 1.55 bits per heavy atom. The van der Waals surface area contributed by atoms with Crippen molar-refractivity contribution in [3.05, 3.63) is 36.5 Å². The minimum atomic E-state index is -1.47. The number of cyclic esters (lactones) is 1. The molecule has 0 aromatic rings. The van der Waals surface area contributed by atoms with Crippen LogP contribution in [0, 0.1) is 23.7 Å². The van der Waals surface area contributed by atoms with Gasteiger partial charge in [0.2, 0.25) is 0 Å². The molecule has 47 heavy (non-hydrogen) atoms. The zero-order valence-electron chi connectivity index (χ0n) is 29.0. The minimum absolute atomic E-state index is 0.0403. The van der Waals surface area contributed by atoms with Gasteiger partial charge in [-0.1, -0.05) is 52.0 Å². The largest absolute Gasteiger partial charge is 0.459 e. The van der Waals surface area contributed by atoms with E-state index in [4.69, 9.17) is 23.7 Å². The van der Waals surface area contributed by atoms with Crippen molar-refractivity contribution >= 4 is 11.8 Å². The van der Waals surface area contributed by atoms with Crippen LogP contribution in [0.15, 0.2) is 36.5 Å². The maximum absolute atomic E-state index is 13.1. The normalized spacial score (nSPS) is 44.9. The van der Waals surface area contributed by atoms with E-state index in [0.717, 1.165) is 0 Å². The lowest BCUT2D eigenvalue weighted by Gasteiger charge is -2.43. The molecule has 12 nitrogen and oxygen atoms in total. The molecule has 0 amide bonds. The molecule has 4 N–H and O–H groups in total. The van der Waals surface area contributed by atoms with E-state index >= 15 is 0 Å². The van der Waals surface area contributed by atoms with Gasteiger partial charge in [0.1, 0.15) is 30.5 Å². The number of ether oxygens (including phenoxy) is 5. The van der Waals surface area contributed by atoms with E-state index < -0.39 is 67.2 Å². The van der Waals surface area contributed by atoms with E-state index in [1.54, 1.807) is 31.2 Å². The number of carbonyl (C=O) groups excluding carboxylic acids is 2. The fourth-order valence-corrected chi connectivity index (χ4v) is 6.56. The molecule has 2 fully saturated rings. The molecule has 0 aromatic heterocycles. The highest BCUT2D eigenvalue weighted by Gasteiger charge is 2.43. The topological polar surface area (TPSA) is 164 Å². The summed E-state index contributed by atoms with van der Waals surface area (Å²) in [5, 5.41) is 41.8. The molecule has 0 aromatic carbocycles. The molecule has 0 radical (unpaired) electrons. The Balaban J connectivity index is 1.84. The molecule has 0 bridgehead atoms. The third-order valence-electron chi connectivity index (χ3n) is 9.53. The van der Waals surface area contributed by atoms with Gasteiger partial charge in [-0.3, -0.25) is 4.79 Å². The molecule has 3 aliphatic rings. The maximum Gasteiger partial charge on any atom is 0.330 e. The smallest absolute Gasteiger partial charge is 0.330 e. The predicted molar refractivity (Wildman–Crippen MR) is 174 cm³/mol. The maximum atomic E-state index is 13.1. The highest BCUT2D eigenvalue weighted by molar-refractivity contribution is 5.91. The van der Waals surface area contributed by atoms with Gasteiger partial charge in [-0.25, -0.2) is 4.79 Å². The monoisotopic (exact) mass is 667 g/mol. The van der Waals surface area contributed by atoms with Gasteiger partial charge < -0.3 is 49.0 Å². The number of aliphatic hydroxyl groups excluding tert-OH is 4. The summed E-state index contributed by atoms with van der Waals surface area (Å²) < 4.78 is 29.8. The van der Waals surface area contributed by atoms with Crippen molar-refractivity contribution in [2.24, 2.45) is 23.7 Å². The number of hydrogen-bond acceptors (Lipinski definition) is 12. The standard InChI is InChI=1S/C35H57NO11/c1-9-27-24(18-43-34-32(42)31(41)29(39)23(6)45-34)12-10-11-13-26(37)20(3)16-21(4)33(19(2)14-15-28(38)46-27)47-35-30(40)25(36(7)8)17-22(5)44-35/h10-15,19-25,27,29-35,39-42H,9,16-18H2,1-8H3/b12-10-,13-11+,15-14+/t19-,20+,21-,22+,23+,24+,25-,27?,29+,30+,31+,32+,33?,34+,35-/m0/s1. The van der Waals surface area contributed by atoms with E-state index in [-0.39, 0.29) is 42.3 Å². The number of hydrogen-bond donors (Lipinski definition) is 4. The molecular formula is C35H57NO11. The van der Waals surface area contributed by atoms with E-state index in [1.807, 2.05) is 53.6 Å². The Hall–Kier alpha value is -2.00. The SMILES string of the molecule is CCC1OC(=O)/C=C/[C@H](C)C(O[C@@H]2O[C@H](C)C[C@H](N(C)C)[C@H]2O)[C@@H](C)C[C@@H](C)C(=O)/C=C/C=C\[C@@H]1CO[C@@H]1O[C@H](C)[C@@H](O)[C@@H](O)[C@H]1O. The highest BCUT2D eigenvalue weighted by Crippen LogP contribution is 2.31. The van der Waals surface area contributed by atoms with E-state index in [2.05, 4.69) is 0 Å². The number of aliphatic hydroxyl groups is 4. The zero-order chi connectivity index (χ0) is 35.0. The number of esters is 1. The first kappa shape index (κ1) is 39.4. The van der Waals surface area contributed by atoms with Crippen molar-refractivity contribution in [3.8, 4) is 0 Å². The quantitative estimate of drug-likeness (QED) is 0.293. The van der Waals surface area contributed by atoms with Gasteiger partial charge >= 0.3 is 5.97 Å². The molecule has 2 saturated heterocycles. The summed E-state index contributed by atoms with van der Waals surface area (Å²) >= 11 is 0. The predicted octanol–water partition coefficient (Wildman–Crippen LogP) is 2.13. The molecule has 268 valence electrons. The fourth-order valence-electron chi connectivity index (χ4n) is 6.56. The Morgan fingerprint density at radius 1 is 0.851 bits per heavy atom. The summed E-state index contributed by atoms with van der Waals surface area (Å²) in [7, 11) is 3.82. The molecule has 3 heterocycles. The van der Waals surface area contributed by atoms with Gasteiger partial charge in [0.25, 0.3) is 0 Å². The molecule has 2 unspecified atom stereocenters. The number of ketones is 1. The molecule has 0 spiro atoms. The summed E-state index contributed by atoms with van der Waals surface area (Å²) in [6.07, 6.45) is 2.12. The Kier molecular flexibility index (Phi) is 15.2. The Morgan fingerprint density at radius 3 is 2.21 bits per heavy atom. The highest BCUT2D eigenvalue weighted by atomic mass is 16.7. The van der Waals surface area contributed by atoms with Gasteiger partial charge in [-0.15, -0.1) is 0 Å². The first-order valence-corrected chi connectivity index (χ1v) is 16.9. The molecule has 3 aliphatic heterocycles. The fraction of sp³-hybridized carbons (Fsp3) is 0.771. The van der Waals surface area contributed by atoms with Crippen LogP contribution in [0.3, 0.4) is 0 Å². The summed E-state index contributed by atoms with van der Waals surface area (Å²) in [5.74, 6) is -1.87. The van der Waals surface area contributed by atoms with Crippen molar-refractivity contribution in [2.45, 2.75) is 128 Å². The second-order valence-electron chi connectivity index (χ2n) is 13.7. The summed E-state index contributed by atoms with van der Waals surface area (Å²) in [6.45, 7) is 11.1. The summed E-state index contributed by atoms with van der Waals surface area (Å²) in [5.41, 5.74) is 0. The van der Waals surface area contributed by atoms with Gasteiger partial charge in [-0.05, 0) is 59.2 Å². The second kappa shape index (κ2) is 18.1. The summed E-state index contributed by atoms with van der Waals surface area (Å²) in [4.78, 5) is 28.2. The second-order valence-corrected chi connectivity index (χ2v) is 13.7. The van der Waals surface area contributed by atoms with Crippen molar-refractivity contribution in [3.63, 3.8) is 0 Å². The number of likely N-dealkylation sites (N-methyl/N-ethyl adjacent to an activating group) is 1. The first-order valence-electron chi connectivity index (χ1n) is 16.9. The van der Waals surface area contributed by atoms with Crippen LogP contribution in [0.4, 0.5) is 0 Å². The van der Waals surface area contributed by atoms with Crippen molar-refractivity contribution in [1.82, 2.24) is 4.90 Å². The molecule has 3 rings (SSSR count). The lowest BCUT2D eigenvalue weighted by Crippen LogP contribution is -2.57. The van der Waals surface area contributed by atoms with Gasteiger partial charge in [0.15, 0.2) is 18.4 Å². The number of rotatable bonds is 7. The minimum Gasteiger partial charge on any atom is -0.459 e. The van der Waals surface area contributed by atoms with Crippen LogP contribution in [-0.2, 0) is 33.3 Å². The molecular weight excluding hydrogens is 610 g/mol. The van der Waals surface area contributed by atoms with Crippen molar-refractivity contribution < 1.29 is 53.7 Å². The van der Waals surface area contributed by atoms with Crippen LogP contribution in [0.25, 0.3) is 0 Å². The number of allylic oxidation sites excluding steroid dienone is 3. The lowest BCUT2D eigenvalue weighted by molar-refractivity contribution is -0.295. The Bertz CT molecular complexity index is 1100. The van der Waals surface area contributed by atoms with Gasteiger partial charge in [0.05, 0.1) is 24.9 Å². The van der Waals surface area contributed by atoms with Crippen LogP contribution in [-0.4, -0.2) is 125 Å².